The molecule has 0 atom stereocenters. The van der Waals surface area contributed by atoms with Gasteiger partial charge in [-0.3, -0.25) is 20.4 Å². The van der Waals surface area contributed by atoms with E-state index in [-0.39, 0.29) is 24.0 Å². The molecule has 0 fully saturated rings. The SMILES string of the molecule is COc1cccc(Nc2nnc(SCC(=O)NNC(=O)CCc3cc(OC)c(OC)c(OC)c3)s2)c1. The number of aromatic nitrogens is 2. The molecule has 2 amide bonds. The van der Waals surface area contributed by atoms with E-state index in [1.165, 1.54) is 44.4 Å². The maximum Gasteiger partial charge on any atom is 0.248 e. The third-order valence-electron chi connectivity index (χ3n) is 4.76. The number of carbonyl (C=O) groups is 2. The van der Waals surface area contributed by atoms with Crippen LogP contribution in [0.1, 0.15) is 12.0 Å². The number of methoxy groups -OCH3 is 4. The van der Waals surface area contributed by atoms with E-state index in [1.807, 2.05) is 24.3 Å². The summed E-state index contributed by atoms with van der Waals surface area (Å²) < 4.78 is 21.8. The molecule has 36 heavy (non-hydrogen) atoms. The number of hydrazine groups is 1. The third kappa shape index (κ3) is 7.65. The maximum absolute atomic E-state index is 12.2. The van der Waals surface area contributed by atoms with Crippen LogP contribution < -0.4 is 35.1 Å². The summed E-state index contributed by atoms with van der Waals surface area (Å²) in [6.07, 6.45) is 0.572. The van der Waals surface area contributed by atoms with Gasteiger partial charge in [-0.2, -0.15) is 0 Å². The Bertz CT molecular complexity index is 1160. The molecule has 0 aliphatic heterocycles. The van der Waals surface area contributed by atoms with Gasteiger partial charge < -0.3 is 24.3 Å². The molecule has 0 radical (unpaired) electrons. The van der Waals surface area contributed by atoms with Crippen molar-refractivity contribution in [2.75, 3.05) is 39.5 Å². The van der Waals surface area contributed by atoms with E-state index in [0.717, 1.165) is 17.0 Å². The fourth-order valence-electron chi connectivity index (χ4n) is 3.05. The second kappa shape index (κ2) is 13.4. The summed E-state index contributed by atoms with van der Waals surface area (Å²) in [5.41, 5.74) is 6.48. The number of benzene rings is 2. The fourth-order valence-corrected chi connectivity index (χ4v) is 4.62. The Balaban J connectivity index is 1.41. The number of nitrogens with zero attached hydrogens (tertiary/aromatic N) is 2. The average Bonchev–Trinajstić information content (AvgIpc) is 3.35. The summed E-state index contributed by atoms with van der Waals surface area (Å²) in [4.78, 5) is 24.3. The van der Waals surface area contributed by atoms with E-state index in [1.54, 1.807) is 19.2 Å². The zero-order valence-electron chi connectivity index (χ0n) is 20.2. The highest BCUT2D eigenvalue weighted by molar-refractivity contribution is 8.01. The number of aryl methyl sites for hydroxylation is 1. The highest BCUT2D eigenvalue weighted by Gasteiger charge is 2.14. The molecular weight excluding hydrogens is 506 g/mol. The maximum atomic E-state index is 12.2. The first-order chi connectivity index (χ1) is 17.4. The molecule has 0 spiro atoms. The van der Waals surface area contributed by atoms with Crippen LogP contribution in [0.15, 0.2) is 40.7 Å². The molecular formula is C23H27N5O6S2. The van der Waals surface area contributed by atoms with Crippen LogP contribution in [-0.2, 0) is 16.0 Å². The third-order valence-corrected chi connectivity index (χ3v) is 6.73. The summed E-state index contributed by atoms with van der Waals surface area (Å²) in [6.45, 7) is 0. The number of thioether (sulfide) groups is 1. The lowest BCUT2D eigenvalue weighted by atomic mass is 10.1. The van der Waals surface area contributed by atoms with E-state index in [9.17, 15) is 9.59 Å². The van der Waals surface area contributed by atoms with E-state index >= 15 is 0 Å². The van der Waals surface area contributed by atoms with Gasteiger partial charge in [-0.15, -0.1) is 10.2 Å². The number of amides is 2. The van der Waals surface area contributed by atoms with Crippen LogP contribution in [0, 0.1) is 0 Å². The van der Waals surface area contributed by atoms with Crippen molar-refractivity contribution in [2.24, 2.45) is 0 Å². The lowest BCUT2D eigenvalue weighted by Gasteiger charge is -2.14. The van der Waals surface area contributed by atoms with Gasteiger partial charge >= 0.3 is 0 Å². The van der Waals surface area contributed by atoms with Crippen molar-refractivity contribution in [1.29, 1.82) is 0 Å². The Labute approximate surface area is 216 Å². The molecule has 0 aliphatic rings. The van der Waals surface area contributed by atoms with Gasteiger partial charge in [-0.25, -0.2) is 0 Å². The molecule has 0 saturated heterocycles. The van der Waals surface area contributed by atoms with E-state index in [4.69, 9.17) is 18.9 Å². The molecule has 2 aromatic carbocycles. The van der Waals surface area contributed by atoms with Crippen LogP contribution in [0.5, 0.6) is 23.0 Å². The van der Waals surface area contributed by atoms with Crippen LogP contribution in [-0.4, -0.2) is 56.2 Å². The van der Waals surface area contributed by atoms with Crippen molar-refractivity contribution in [3.63, 3.8) is 0 Å². The summed E-state index contributed by atoms with van der Waals surface area (Å²) >= 11 is 2.53. The molecule has 192 valence electrons. The van der Waals surface area contributed by atoms with Gasteiger partial charge in [0.05, 0.1) is 34.2 Å². The van der Waals surface area contributed by atoms with Crippen molar-refractivity contribution in [1.82, 2.24) is 21.0 Å². The molecule has 3 aromatic rings. The fraction of sp³-hybridized carbons (Fsp3) is 0.304. The Hall–Kier alpha value is -3.71. The topological polar surface area (TPSA) is 133 Å². The number of carbonyl (C=O) groups excluding carboxylic acids is 2. The molecule has 0 aliphatic carbocycles. The standard InChI is InChI=1S/C23H27N5O6S2/c1-31-16-7-5-6-15(12-16)24-22-27-28-23(36-22)35-13-20(30)26-25-19(29)9-8-14-10-17(32-2)21(34-4)18(11-14)33-3/h5-7,10-12H,8-9,13H2,1-4H3,(H,24,27)(H,25,29)(H,26,30). The van der Waals surface area contributed by atoms with Crippen molar-refractivity contribution in [3.05, 3.63) is 42.0 Å². The number of ether oxygens (including phenoxy) is 4. The molecule has 1 heterocycles. The van der Waals surface area contributed by atoms with Crippen LogP contribution in [0.2, 0.25) is 0 Å². The molecule has 1 aromatic heterocycles. The normalized spacial score (nSPS) is 10.3. The summed E-state index contributed by atoms with van der Waals surface area (Å²) in [7, 11) is 6.18. The van der Waals surface area contributed by atoms with Crippen LogP contribution in [0.4, 0.5) is 10.8 Å². The number of hydrogen-bond acceptors (Lipinski definition) is 11. The second-order valence-corrected chi connectivity index (χ2v) is 9.35. The molecule has 0 saturated carbocycles. The number of hydrogen-bond donors (Lipinski definition) is 3. The predicted octanol–water partition coefficient (Wildman–Crippen LogP) is 3.19. The Morgan fingerprint density at radius 2 is 1.64 bits per heavy atom. The van der Waals surface area contributed by atoms with Crippen LogP contribution >= 0.6 is 23.1 Å². The Morgan fingerprint density at radius 1 is 0.917 bits per heavy atom. The molecule has 3 N–H and O–H groups in total. The van der Waals surface area contributed by atoms with Gasteiger partial charge in [0, 0.05) is 18.2 Å². The molecule has 3 rings (SSSR count). The molecule has 11 nitrogen and oxygen atoms in total. The van der Waals surface area contributed by atoms with E-state index in [0.29, 0.717) is 33.1 Å². The highest BCUT2D eigenvalue weighted by Crippen LogP contribution is 2.38. The quantitative estimate of drug-likeness (QED) is 0.235. The van der Waals surface area contributed by atoms with Gasteiger partial charge in [0.2, 0.25) is 22.7 Å². The summed E-state index contributed by atoms with van der Waals surface area (Å²) in [5, 5.41) is 11.9. The lowest BCUT2D eigenvalue weighted by Crippen LogP contribution is -2.42. The van der Waals surface area contributed by atoms with Gasteiger partial charge in [0.25, 0.3) is 0 Å². The zero-order valence-corrected chi connectivity index (χ0v) is 21.9. The van der Waals surface area contributed by atoms with Crippen LogP contribution in [0.3, 0.4) is 0 Å². The predicted molar refractivity (Wildman–Crippen MR) is 138 cm³/mol. The monoisotopic (exact) mass is 533 g/mol. The minimum Gasteiger partial charge on any atom is -0.497 e. The van der Waals surface area contributed by atoms with Crippen molar-refractivity contribution in [3.8, 4) is 23.0 Å². The smallest absolute Gasteiger partial charge is 0.248 e. The minimum absolute atomic E-state index is 0.0704. The largest absolute Gasteiger partial charge is 0.497 e. The van der Waals surface area contributed by atoms with Gasteiger partial charge in [0.15, 0.2) is 15.8 Å². The van der Waals surface area contributed by atoms with Crippen molar-refractivity contribution in [2.45, 2.75) is 17.2 Å². The highest BCUT2D eigenvalue weighted by atomic mass is 32.2. The number of nitrogens with one attached hydrogen (secondary N) is 3. The summed E-state index contributed by atoms with van der Waals surface area (Å²) in [5.74, 6) is 1.60. The summed E-state index contributed by atoms with van der Waals surface area (Å²) in [6, 6.07) is 11.0. The zero-order chi connectivity index (χ0) is 25.9. The molecule has 13 heteroatoms. The Kier molecular flexibility index (Phi) is 10.0. The van der Waals surface area contributed by atoms with Gasteiger partial charge in [0.1, 0.15) is 5.75 Å². The number of rotatable bonds is 12. The van der Waals surface area contributed by atoms with Crippen molar-refractivity contribution < 1.29 is 28.5 Å². The lowest BCUT2D eigenvalue weighted by molar-refractivity contribution is -0.127. The minimum atomic E-state index is -0.362. The first kappa shape index (κ1) is 26.9. The van der Waals surface area contributed by atoms with E-state index in [2.05, 4.69) is 26.4 Å². The Morgan fingerprint density at radius 3 is 2.31 bits per heavy atom. The first-order valence-electron chi connectivity index (χ1n) is 10.7. The van der Waals surface area contributed by atoms with E-state index < -0.39 is 0 Å². The first-order valence-corrected chi connectivity index (χ1v) is 12.5. The molecule has 0 unspecified atom stereocenters. The van der Waals surface area contributed by atoms with Crippen LogP contribution in [0.25, 0.3) is 0 Å². The second-order valence-electron chi connectivity index (χ2n) is 7.15. The van der Waals surface area contributed by atoms with Gasteiger partial charge in [-0.05, 0) is 36.2 Å². The van der Waals surface area contributed by atoms with Crippen molar-refractivity contribution >= 4 is 45.7 Å². The average molecular weight is 534 g/mol. The number of anilines is 2. The molecule has 0 bridgehead atoms. The van der Waals surface area contributed by atoms with Gasteiger partial charge in [-0.1, -0.05) is 29.2 Å².